The van der Waals surface area contributed by atoms with Crippen LogP contribution in [-0.4, -0.2) is 36.9 Å². The Morgan fingerprint density at radius 3 is 2.54 bits per heavy atom. The SMILES string of the molecule is COc1ccc(C(=O)NCC2CC(=O)N(Cc3ccc(F)cc3)C2)cc1. The van der Waals surface area contributed by atoms with E-state index in [1.165, 1.54) is 12.1 Å². The Kier molecular flexibility index (Phi) is 5.51. The maximum atomic E-state index is 13.0. The number of nitrogens with one attached hydrogen (secondary N) is 1. The molecule has 0 saturated carbocycles. The Labute approximate surface area is 151 Å². The number of carbonyl (C=O) groups excluding carboxylic acids is 2. The average molecular weight is 356 g/mol. The van der Waals surface area contributed by atoms with Crippen molar-refractivity contribution < 1.29 is 18.7 Å². The van der Waals surface area contributed by atoms with E-state index in [-0.39, 0.29) is 23.5 Å². The highest BCUT2D eigenvalue weighted by Gasteiger charge is 2.29. The normalized spacial score (nSPS) is 16.6. The lowest BCUT2D eigenvalue weighted by Gasteiger charge is -2.17. The highest BCUT2D eigenvalue weighted by atomic mass is 19.1. The van der Waals surface area contributed by atoms with Gasteiger partial charge in [0.05, 0.1) is 7.11 Å². The molecule has 26 heavy (non-hydrogen) atoms. The van der Waals surface area contributed by atoms with Crippen LogP contribution in [0.2, 0.25) is 0 Å². The summed E-state index contributed by atoms with van der Waals surface area (Å²) in [7, 11) is 1.57. The standard InChI is InChI=1S/C20H21FN2O3/c1-26-18-8-4-16(5-9-18)20(25)22-11-15-10-19(24)23(13-15)12-14-2-6-17(21)7-3-14/h2-9,15H,10-13H2,1H3,(H,22,25). The van der Waals surface area contributed by atoms with Crippen molar-refractivity contribution in [2.24, 2.45) is 5.92 Å². The van der Waals surface area contributed by atoms with E-state index >= 15 is 0 Å². The lowest BCUT2D eigenvalue weighted by atomic mass is 10.1. The maximum absolute atomic E-state index is 13.0. The van der Waals surface area contributed by atoms with Crippen molar-refractivity contribution in [1.82, 2.24) is 10.2 Å². The molecule has 1 unspecified atom stereocenters. The summed E-state index contributed by atoms with van der Waals surface area (Å²) < 4.78 is 18.0. The van der Waals surface area contributed by atoms with Gasteiger partial charge in [0.2, 0.25) is 5.91 Å². The summed E-state index contributed by atoms with van der Waals surface area (Å²) in [6.07, 6.45) is 0.407. The van der Waals surface area contributed by atoms with E-state index in [2.05, 4.69) is 5.32 Å². The van der Waals surface area contributed by atoms with E-state index in [4.69, 9.17) is 4.74 Å². The lowest BCUT2D eigenvalue weighted by Crippen LogP contribution is -2.31. The quantitative estimate of drug-likeness (QED) is 0.866. The number of ether oxygens (including phenoxy) is 1. The molecule has 3 rings (SSSR count). The summed E-state index contributed by atoms with van der Waals surface area (Å²) in [6.45, 7) is 1.48. The number of benzene rings is 2. The summed E-state index contributed by atoms with van der Waals surface area (Å²) in [4.78, 5) is 26.1. The number of nitrogens with zero attached hydrogens (tertiary/aromatic N) is 1. The summed E-state index contributed by atoms with van der Waals surface area (Å²) in [5.74, 6) is 0.361. The molecule has 0 aromatic heterocycles. The zero-order valence-corrected chi connectivity index (χ0v) is 14.6. The van der Waals surface area contributed by atoms with Crippen molar-refractivity contribution in [3.63, 3.8) is 0 Å². The van der Waals surface area contributed by atoms with Gasteiger partial charge in [0.15, 0.2) is 0 Å². The third kappa shape index (κ3) is 4.39. The van der Waals surface area contributed by atoms with E-state index < -0.39 is 0 Å². The van der Waals surface area contributed by atoms with E-state index in [9.17, 15) is 14.0 Å². The summed E-state index contributed by atoms with van der Waals surface area (Å²) in [6, 6.07) is 13.0. The Balaban J connectivity index is 1.50. The van der Waals surface area contributed by atoms with Gasteiger partial charge in [-0.25, -0.2) is 4.39 Å². The van der Waals surface area contributed by atoms with Crippen LogP contribution in [-0.2, 0) is 11.3 Å². The Hall–Kier alpha value is -2.89. The van der Waals surface area contributed by atoms with Crippen LogP contribution in [0.3, 0.4) is 0 Å². The number of amides is 2. The molecule has 0 radical (unpaired) electrons. The van der Waals surface area contributed by atoms with Gasteiger partial charge < -0.3 is 15.0 Å². The molecular weight excluding hydrogens is 335 g/mol. The maximum Gasteiger partial charge on any atom is 0.251 e. The Morgan fingerprint density at radius 2 is 1.88 bits per heavy atom. The monoisotopic (exact) mass is 356 g/mol. The molecule has 2 amide bonds. The van der Waals surface area contributed by atoms with Crippen LogP contribution in [0.25, 0.3) is 0 Å². The topological polar surface area (TPSA) is 58.6 Å². The van der Waals surface area contributed by atoms with Crippen molar-refractivity contribution in [2.75, 3.05) is 20.2 Å². The predicted molar refractivity (Wildman–Crippen MR) is 95.3 cm³/mol. The molecule has 1 heterocycles. The molecule has 1 aliphatic heterocycles. The van der Waals surface area contributed by atoms with Gasteiger partial charge in [-0.2, -0.15) is 0 Å². The first-order chi connectivity index (χ1) is 12.5. The molecule has 1 fully saturated rings. The molecule has 1 saturated heterocycles. The minimum atomic E-state index is -0.291. The van der Waals surface area contributed by atoms with Crippen LogP contribution in [0.4, 0.5) is 4.39 Å². The van der Waals surface area contributed by atoms with Gasteiger partial charge in [-0.15, -0.1) is 0 Å². The van der Waals surface area contributed by atoms with Gasteiger partial charge in [0, 0.05) is 37.5 Å². The van der Waals surface area contributed by atoms with E-state index in [0.717, 1.165) is 5.56 Å². The molecule has 2 aromatic carbocycles. The van der Waals surface area contributed by atoms with Gasteiger partial charge in [-0.3, -0.25) is 9.59 Å². The number of halogens is 1. The lowest BCUT2D eigenvalue weighted by molar-refractivity contribution is -0.128. The van der Waals surface area contributed by atoms with Gasteiger partial charge in [0.25, 0.3) is 5.91 Å². The minimum Gasteiger partial charge on any atom is -0.497 e. The minimum absolute atomic E-state index is 0.0537. The zero-order chi connectivity index (χ0) is 18.5. The molecule has 1 atom stereocenters. The van der Waals surface area contributed by atoms with Crippen LogP contribution in [0.15, 0.2) is 48.5 Å². The molecular formula is C20H21FN2O3. The summed E-state index contributed by atoms with van der Waals surface area (Å²) in [5, 5.41) is 2.88. The molecule has 0 bridgehead atoms. The molecule has 0 aliphatic carbocycles. The highest BCUT2D eigenvalue weighted by Crippen LogP contribution is 2.20. The largest absolute Gasteiger partial charge is 0.497 e. The fraction of sp³-hybridized carbons (Fsp3) is 0.300. The van der Waals surface area contributed by atoms with Gasteiger partial charge in [0.1, 0.15) is 11.6 Å². The highest BCUT2D eigenvalue weighted by molar-refractivity contribution is 5.94. The first kappa shape index (κ1) is 17.9. The first-order valence-electron chi connectivity index (χ1n) is 8.49. The molecule has 0 spiro atoms. The zero-order valence-electron chi connectivity index (χ0n) is 14.6. The second-order valence-corrected chi connectivity index (χ2v) is 6.41. The Bertz CT molecular complexity index is 775. The number of hydrogen-bond donors (Lipinski definition) is 1. The fourth-order valence-electron chi connectivity index (χ4n) is 3.04. The number of methoxy groups -OCH3 is 1. The summed E-state index contributed by atoms with van der Waals surface area (Å²) in [5.41, 5.74) is 1.45. The third-order valence-electron chi connectivity index (χ3n) is 4.48. The van der Waals surface area contributed by atoms with E-state index in [1.54, 1.807) is 48.4 Å². The predicted octanol–water partition coefficient (Wildman–Crippen LogP) is 2.61. The van der Waals surface area contributed by atoms with Crippen molar-refractivity contribution >= 4 is 11.8 Å². The number of carbonyl (C=O) groups is 2. The van der Waals surface area contributed by atoms with Gasteiger partial charge in [-0.05, 0) is 42.0 Å². The third-order valence-corrected chi connectivity index (χ3v) is 4.48. The fourth-order valence-corrected chi connectivity index (χ4v) is 3.04. The molecule has 2 aromatic rings. The van der Waals surface area contributed by atoms with Gasteiger partial charge >= 0.3 is 0 Å². The van der Waals surface area contributed by atoms with Crippen molar-refractivity contribution in [2.45, 2.75) is 13.0 Å². The number of rotatable bonds is 6. The second-order valence-electron chi connectivity index (χ2n) is 6.41. The second kappa shape index (κ2) is 7.99. The smallest absolute Gasteiger partial charge is 0.251 e. The molecule has 6 heteroatoms. The molecule has 136 valence electrons. The van der Waals surface area contributed by atoms with Crippen LogP contribution in [0, 0.1) is 11.7 Å². The Morgan fingerprint density at radius 1 is 1.19 bits per heavy atom. The average Bonchev–Trinajstić information content (AvgIpc) is 3.01. The number of likely N-dealkylation sites (tertiary alicyclic amines) is 1. The van der Waals surface area contributed by atoms with Gasteiger partial charge in [-0.1, -0.05) is 12.1 Å². The molecule has 1 aliphatic rings. The van der Waals surface area contributed by atoms with Crippen LogP contribution >= 0.6 is 0 Å². The first-order valence-corrected chi connectivity index (χ1v) is 8.49. The van der Waals surface area contributed by atoms with Crippen LogP contribution < -0.4 is 10.1 Å². The van der Waals surface area contributed by atoms with Crippen molar-refractivity contribution in [3.8, 4) is 5.75 Å². The van der Waals surface area contributed by atoms with Crippen molar-refractivity contribution in [1.29, 1.82) is 0 Å². The van der Waals surface area contributed by atoms with Crippen LogP contribution in [0.1, 0.15) is 22.3 Å². The summed E-state index contributed by atoms with van der Waals surface area (Å²) >= 11 is 0. The van der Waals surface area contributed by atoms with E-state index in [0.29, 0.717) is 37.4 Å². The van der Waals surface area contributed by atoms with E-state index in [1.807, 2.05) is 0 Å². The molecule has 5 nitrogen and oxygen atoms in total. The van der Waals surface area contributed by atoms with Crippen molar-refractivity contribution in [3.05, 3.63) is 65.5 Å². The molecule has 1 N–H and O–H groups in total. The number of hydrogen-bond acceptors (Lipinski definition) is 3. The van der Waals surface area contributed by atoms with Crippen LogP contribution in [0.5, 0.6) is 5.75 Å².